The number of rotatable bonds is 6. The zero-order valence-corrected chi connectivity index (χ0v) is 14.9. The first-order valence-corrected chi connectivity index (χ1v) is 9.03. The van der Waals surface area contributed by atoms with Gasteiger partial charge in [0.1, 0.15) is 0 Å². The molecule has 1 heterocycles. The van der Waals surface area contributed by atoms with Gasteiger partial charge in [-0.3, -0.25) is 4.99 Å². The van der Waals surface area contributed by atoms with Crippen LogP contribution in [0.5, 0.6) is 0 Å². The first-order chi connectivity index (χ1) is 11.3. The number of hydrogen-bond donors (Lipinski definition) is 2. The Hall–Kier alpha value is -1.55. The zero-order chi connectivity index (χ0) is 16.5. The van der Waals surface area contributed by atoms with Gasteiger partial charge < -0.3 is 15.5 Å². The molecule has 0 amide bonds. The van der Waals surface area contributed by atoms with E-state index in [4.69, 9.17) is 0 Å². The summed E-state index contributed by atoms with van der Waals surface area (Å²) in [5, 5.41) is 7.06. The van der Waals surface area contributed by atoms with E-state index in [1.54, 1.807) is 0 Å². The van der Waals surface area contributed by atoms with Crippen molar-refractivity contribution < 1.29 is 0 Å². The van der Waals surface area contributed by atoms with Crippen LogP contribution in [0.25, 0.3) is 0 Å². The molecular weight excluding hydrogens is 284 g/mol. The summed E-state index contributed by atoms with van der Waals surface area (Å²) in [7, 11) is 1.85. The highest BCUT2D eigenvalue weighted by atomic mass is 15.2. The molecule has 1 aliphatic rings. The molecule has 0 radical (unpaired) electrons. The van der Waals surface area contributed by atoms with Crippen molar-refractivity contribution >= 4 is 5.96 Å². The number of piperidine rings is 1. The maximum atomic E-state index is 4.39. The Balaban J connectivity index is 1.80. The molecule has 1 aromatic rings. The van der Waals surface area contributed by atoms with Gasteiger partial charge in [0, 0.05) is 32.7 Å². The summed E-state index contributed by atoms with van der Waals surface area (Å²) in [6, 6.07) is 9.16. The van der Waals surface area contributed by atoms with Gasteiger partial charge >= 0.3 is 0 Å². The van der Waals surface area contributed by atoms with Crippen LogP contribution in [-0.2, 0) is 13.0 Å². The molecule has 128 valence electrons. The number of aryl methyl sites for hydroxylation is 1. The highest BCUT2D eigenvalue weighted by Crippen LogP contribution is 2.11. The fourth-order valence-corrected chi connectivity index (χ4v) is 3.26. The van der Waals surface area contributed by atoms with E-state index in [9.17, 15) is 0 Å². The average Bonchev–Trinajstić information content (AvgIpc) is 2.60. The summed E-state index contributed by atoms with van der Waals surface area (Å²) >= 11 is 0. The molecule has 0 aliphatic carbocycles. The molecule has 1 saturated heterocycles. The number of likely N-dealkylation sites (tertiary alicyclic amines) is 1. The maximum absolute atomic E-state index is 4.39. The molecule has 2 N–H and O–H groups in total. The third kappa shape index (κ3) is 5.54. The number of guanidine groups is 1. The lowest BCUT2D eigenvalue weighted by atomic mass is 10.0. The Morgan fingerprint density at radius 3 is 2.48 bits per heavy atom. The fourth-order valence-electron chi connectivity index (χ4n) is 3.26. The van der Waals surface area contributed by atoms with Gasteiger partial charge in [-0.15, -0.1) is 0 Å². The molecule has 1 fully saturated rings. The van der Waals surface area contributed by atoms with E-state index < -0.39 is 0 Å². The Morgan fingerprint density at radius 1 is 1.17 bits per heavy atom. The lowest BCUT2D eigenvalue weighted by Gasteiger charge is -2.32. The van der Waals surface area contributed by atoms with Crippen molar-refractivity contribution in [3.05, 3.63) is 35.4 Å². The monoisotopic (exact) mass is 316 g/mol. The fraction of sp³-hybridized carbons (Fsp3) is 0.632. The minimum atomic E-state index is 0.538. The Bertz CT molecular complexity index is 490. The second-order valence-corrected chi connectivity index (χ2v) is 6.31. The molecule has 0 saturated carbocycles. The highest BCUT2D eigenvalue weighted by molar-refractivity contribution is 5.80. The predicted octanol–water partition coefficient (Wildman–Crippen LogP) is 2.79. The molecule has 1 aliphatic heterocycles. The second-order valence-electron chi connectivity index (χ2n) is 6.31. The van der Waals surface area contributed by atoms with Crippen LogP contribution in [0, 0.1) is 0 Å². The van der Waals surface area contributed by atoms with Crippen LogP contribution in [0.2, 0.25) is 0 Å². The molecule has 0 spiro atoms. The molecule has 0 atom stereocenters. The van der Waals surface area contributed by atoms with Gasteiger partial charge in [0.05, 0.1) is 0 Å². The minimum Gasteiger partial charge on any atom is -0.354 e. The van der Waals surface area contributed by atoms with Crippen molar-refractivity contribution in [2.45, 2.75) is 52.1 Å². The normalized spacial score (nSPS) is 17.3. The molecule has 4 heteroatoms. The van der Waals surface area contributed by atoms with E-state index in [2.05, 4.69) is 58.6 Å². The lowest BCUT2D eigenvalue weighted by molar-refractivity contribution is 0.206. The highest BCUT2D eigenvalue weighted by Gasteiger charge is 2.19. The van der Waals surface area contributed by atoms with E-state index in [0.717, 1.165) is 18.9 Å². The van der Waals surface area contributed by atoms with Crippen LogP contribution in [-0.4, -0.2) is 43.6 Å². The van der Waals surface area contributed by atoms with Gasteiger partial charge in [0.2, 0.25) is 0 Å². The van der Waals surface area contributed by atoms with Crippen molar-refractivity contribution in [2.24, 2.45) is 4.99 Å². The van der Waals surface area contributed by atoms with E-state index >= 15 is 0 Å². The van der Waals surface area contributed by atoms with Crippen LogP contribution in [0.1, 0.15) is 44.2 Å². The van der Waals surface area contributed by atoms with Gasteiger partial charge in [0.25, 0.3) is 0 Å². The number of hydrogen-bond acceptors (Lipinski definition) is 2. The topological polar surface area (TPSA) is 39.7 Å². The molecular formula is C19H32N4. The van der Waals surface area contributed by atoms with E-state index in [0.29, 0.717) is 6.04 Å². The Labute approximate surface area is 141 Å². The smallest absolute Gasteiger partial charge is 0.191 e. The molecule has 4 nitrogen and oxygen atoms in total. The number of nitrogens with one attached hydrogen (secondary N) is 2. The second kappa shape index (κ2) is 9.56. The molecule has 1 aromatic carbocycles. The van der Waals surface area contributed by atoms with E-state index in [-0.39, 0.29) is 0 Å². The summed E-state index contributed by atoms with van der Waals surface area (Å²) < 4.78 is 0. The largest absolute Gasteiger partial charge is 0.354 e. The molecule has 23 heavy (non-hydrogen) atoms. The van der Waals surface area contributed by atoms with E-state index in [1.165, 1.54) is 50.0 Å². The standard InChI is InChI=1S/C19H32N4/c1-4-12-23-13-10-18(11-14-23)22-19(20-3)21-15-17-9-7-6-8-16(17)5-2/h6-9,18H,4-5,10-15H2,1-3H3,(H2,20,21,22). The van der Waals surface area contributed by atoms with Crippen LogP contribution in [0.3, 0.4) is 0 Å². The third-order valence-electron chi connectivity index (χ3n) is 4.64. The van der Waals surface area contributed by atoms with Gasteiger partial charge in [0.15, 0.2) is 5.96 Å². The maximum Gasteiger partial charge on any atom is 0.191 e. The number of nitrogens with zero attached hydrogens (tertiary/aromatic N) is 2. The van der Waals surface area contributed by atoms with Gasteiger partial charge in [-0.2, -0.15) is 0 Å². The molecule has 0 aromatic heterocycles. The van der Waals surface area contributed by atoms with Crippen LogP contribution < -0.4 is 10.6 Å². The van der Waals surface area contributed by atoms with Crippen molar-refractivity contribution in [1.29, 1.82) is 0 Å². The SMILES string of the molecule is CCCN1CCC(NC(=NC)NCc2ccccc2CC)CC1. The lowest BCUT2D eigenvalue weighted by Crippen LogP contribution is -2.48. The van der Waals surface area contributed by atoms with Crippen molar-refractivity contribution in [1.82, 2.24) is 15.5 Å². The van der Waals surface area contributed by atoms with Crippen LogP contribution in [0.4, 0.5) is 0 Å². The van der Waals surface area contributed by atoms with Crippen LogP contribution in [0.15, 0.2) is 29.3 Å². The first kappa shape index (κ1) is 17.8. The molecule has 0 bridgehead atoms. The Kier molecular flexibility index (Phi) is 7.40. The average molecular weight is 316 g/mol. The summed E-state index contributed by atoms with van der Waals surface area (Å²) in [5.41, 5.74) is 2.76. The Morgan fingerprint density at radius 2 is 1.87 bits per heavy atom. The molecule has 2 rings (SSSR count). The quantitative estimate of drug-likeness (QED) is 0.626. The number of aliphatic imine (C=N–C) groups is 1. The van der Waals surface area contributed by atoms with Crippen LogP contribution >= 0.6 is 0 Å². The zero-order valence-electron chi connectivity index (χ0n) is 14.9. The summed E-state index contributed by atoms with van der Waals surface area (Å²) in [4.78, 5) is 6.95. The van der Waals surface area contributed by atoms with Gasteiger partial charge in [-0.1, -0.05) is 38.1 Å². The van der Waals surface area contributed by atoms with Crippen molar-refractivity contribution in [2.75, 3.05) is 26.7 Å². The molecule has 0 unspecified atom stereocenters. The van der Waals surface area contributed by atoms with Crippen molar-refractivity contribution in [3.63, 3.8) is 0 Å². The minimum absolute atomic E-state index is 0.538. The van der Waals surface area contributed by atoms with Crippen molar-refractivity contribution in [3.8, 4) is 0 Å². The first-order valence-electron chi connectivity index (χ1n) is 9.03. The van der Waals surface area contributed by atoms with Gasteiger partial charge in [-0.05, 0) is 43.4 Å². The summed E-state index contributed by atoms with van der Waals surface area (Å²) in [5.74, 6) is 0.921. The van der Waals surface area contributed by atoms with Gasteiger partial charge in [-0.25, -0.2) is 0 Å². The van der Waals surface area contributed by atoms with E-state index in [1.807, 2.05) is 7.05 Å². The number of benzene rings is 1. The summed E-state index contributed by atoms with van der Waals surface area (Å²) in [6.07, 6.45) is 4.72. The summed E-state index contributed by atoms with van der Waals surface area (Å²) in [6.45, 7) is 8.91. The third-order valence-corrected chi connectivity index (χ3v) is 4.64. The predicted molar refractivity (Wildman–Crippen MR) is 98.9 cm³/mol.